The topological polar surface area (TPSA) is 83.9 Å². The summed E-state index contributed by atoms with van der Waals surface area (Å²) in [6, 6.07) is 4.41. The lowest BCUT2D eigenvalue weighted by Crippen LogP contribution is -2.38. The highest BCUT2D eigenvalue weighted by molar-refractivity contribution is 7.89. The van der Waals surface area contributed by atoms with Gasteiger partial charge in [-0.05, 0) is 18.2 Å². The molecule has 0 spiro atoms. The van der Waals surface area contributed by atoms with E-state index in [4.69, 9.17) is 9.84 Å². The van der Waals surface area contributed by atoms with Crippen LogP contribution in [0.15, 0.2) is 29.2 Å². The van der Waals surface area contributed by atoms with Crippen LogP contribution in [0.4, 0.5) is 4.39 Å². The molecule has 0 heterocycles. The first-order chi connectivity index (χ1) is 8.87. The van der Waals surface area contributed by atoms with Gasteiger partial charge in [-0.25, -0.2) is 12.8 Å². The molecule has 0 saturated carbocycles. The number of benzene rings is 1. The van der Waals surface area contributed by atoms with E-state index < -0.39 is 28.4 Å². The number of hydrogen-bond acceptors (Lipinski definition) is 4. The number of ether oxygens (including phenoxy) is 1. The first kappa shape index (κ1) is 15.5. The van der Waals surface area contributed by atoms with E-state index in [0.29, 0.717) is 0 Å². The lowest BCUT2D eigenvalue weighted by atomic mass is 10.4. The zero-order valence-corrected chi connectivity index (χ0v) is 11.1. The first-order valence-electron chi connectivity index (χ1n) is 5.34. The number of carbonyl (C=O) groups is 1. The maximum Gasteiger partial charge on any atom is 0.318 e. The van der Waals surface area contributed by atoms with Crippen molar-refractivity contribution < 1.29 is 27.4 Å². The van der Waals surface area contributed by atoms with Crippen molar-refractivity contribution in [2.24, 2.45) is 0 Å². The molecular weight excluding hydrogens is 277 g/mol. The summed E-state index contributed by atoms with van der Waals surface area (Å²) < 4.78 is 42.8. The molecule has 0 amide bonds. The fraction of sp³-hybridized carbons (Fsp3) is 0.364. The van der Waals surface area contributed by atoms with E-state index >= 15 is 0 Å². The number of rotatable bonds is 7. The Balaban J connectivity index is 3.07. The van der Waals surface area contributed by atoms with Crippen LogP contribution in [0.5, 0.6) is 0 Å². The van der Waals surface area contributed by atoms with E-state index in [0.717, 1.165) is 16.4 Å². The Kier molecular flexibility index (Phi) is 5.40. The number of nitrogens with zero attached hydrogens (tertiary/aromatic N) is 1. The summed E-state index contributed by atoms with van der Waals surface area (Å²) >= 11 is 0. The van der Waals surface area contributed by atoms with E-state index in [2.05, 4.69) is 0 Å². The van der Waals surface area contributed by atoms with Gasteiger partial charge in [0.2, 0.25) is 10.0 Å². The van der Waals surface area contributed by atoms with Crippen LogP contribution in [-0.4, -0.2) is 50.6 Å². The summed E-state index contributed by atoms with van der Waals surface area (Å²) in [4.78, 5) is 10.4. The van der Waals surface area contributed by atoms with E-state index in [1.807, 2.05) is 0 Å². The summed E-state index contributed by atoms with van der Waals surface area (Å²) in [5.74, 6) is -2.00. The summed E-state index contributed by atoms with van der Waals surface area (Å²) in [5.41, 5.74) is 0. The second-order valence-electron chi connectivity index (χ2n) is 3.68. The third-order valence-electron chi connectivity index (χ3n) is 2.29. The van der Waals surface area contributed by atoms with Gasteiger partial charge in [0.15, 0.2) is 0 Å². The molecule has 1 N–H and O–H groups in total. The van der Waals surface area contributed by atoms with Crippen molar-refractivity contribution in [1.82, 2.24) is 4.31 Å². The van der Waals surface area contributed by atoms with Gasteiger partial charge in [0.25, 0.3) is 0 Å². The lowest BCUT2D eigenvalue weighted by Gasteiger charge is -2.19. The van der Waals surface area contributed by atoms with Gasteiger partial charge in [-0.15, -0.1) is 0 Å². The Morgan fingerprint density at radius 3 is 2.68 bits per heavy atom. The third kappa shape index (κ3) is 4.27. The number of methoxy groups -OCH3 is 1. The molecule has 1 rings (SSSR count). The molecule has 0 unspecified atom stereocenters. The van der Waals surface area contributed by atoms with Gasteiger partial charge in [-0.2, -0.15) is 4.31 Å². The van der Waals surface area contributed by atoms with Gasteiger partial charge in [-0.1, -0.05) is 6.07 Å². The van der Waals surface area contributed by atoms with Gasteiger partial charge in [-0.3, -0.25) is 4.79 Å². The smallest absolute Gasteiger partial charge is 0.318 e. The number of halogens is 1. The summed E-state index contributed by atoms with van der Waals surface area (Å²) in [6.45, 7) is -0.786. The first-order valence-corrected chi connectivity index (χ1v) is 6.78. The third-order valence-corrected chi connectivity index (χ3v) is 4.13. The van der Waals surface area contributed by atoms with Gasteiger partial charge in [0, 0.05) is 13.7 Å². The fourth-order valence-corrected chi connectivity index (χ4v) is 2.81. The van der Waals surface area contributed by atoms with Crippen molar-refractivity contribution in [2.75, 3.05) is 26.8 Å². The van der Waals surface area contributed by atoms with Crippen LogP contribution in [0, 0.1) is 5.82 Å². The molecule has 0 aliphatic carbocycles. The molecule has 1 aromatic rings. The number of aliphatic carboxylic acids is 1. The quantitative estimate of drug-likeness (QED) is 0.793. The molecule has 106 valence electrons. The number of sulfonamides is 1. The average molecular weight is 291 g/mol. The van der Waals surface area contributed by atoms with Crippen LogP contribution < -0.4 is 0 Å². The highest BCUT2D eigenvalue weighted by Gasteiger charge is 2.26. The molecule has 19 heavy (non-hydrogen) atoms. The number of hydrogen-bond donors (Lipinski definition) is 1. The highest BCUT2D eigenvalue weighted by Crippen LogP contribution is 2.16. The van der Waals surface area contributed by atoms with Crippen LogP contribution >= 0.6 is 0 Å². The largest absolute Gasteiger partial charge is 0.480 e. The predicted molar refractivity (Wildman–Crippen MR) is 64.7 cm³/mol. The molecule has 6 nitrogen and oxygen atoms in total. The molecule has 0 fully saturated rings. The molecule has 0 aliphatic heterocycles. The monoisotopic (exact) mass is 291 g/mol. The highest BCUT2D eigenvalue weighted by atomic mass is 32.2. The Morgan fingerprint density at radius 1 is 1.47 bits per heavy atom. The number of carboxylic acid groups (broad SMARTS) is 1. The SMILES string of the molecule is COCCN(CC(=O)O)S(=O)(=O)c1cccc(F)c1. The molecule has 8 heteroatoms. The Bertz CT molecular complexity index is 546. The van der Waals surface area contributed by atoms with E-state index in [-0.39, 0.29) is 18.0 Å². The number of carboxylic acids is 1. The maximum atomic E-state index is 13.1. The molecule has 0 radical (unpaired) electrons. The van der Waals surface area contributed by atoms with Crippen LogP contribution in [0.2, 0.25) is 0 Å². The van der Waals surface area contributed by atoms with Gasteiger partial charge >= 0.3 is 5.97 Å². The van der Waals surface area contributed by atoms with Crippen LogP contribution in [0.1, 0.15) is 0 Å². The molecular formula is C11H14FNO5S. The molecule has 0 aliphatic rings. The Morgan fingerprint density at radius 2 is 2.16 bits per heavy atom. The standard InChI is InChI=1S/C11H14FNO5S/c1-18-6-5-13(8-11(14)15)19(16,17)10-4-2-3-9(12)7-10/h2-4,7H,5-6,8H2,1H3,(H,14,15). The van der Waals surface area contributed by atoms with Crippen LogP contribution in [-0.2, 0) is 19.6 Å². The lowest BCUT2D eigenvalue weighted by molar-refractivity contribution is -0.137. The second kappa shape index (κ2) is 6.60. The van der Waals surface area contributed by atoms with E-state index in [1.54, 1.807) is 0 Å². The fourth-order valence-electron chi connectivity index (χ4n) is 1.40. The summed E-state index contributed by atoms with van der Waals surface area (Å²) in [5, 5.41) is 8.73. The Hall–Kier alpha value is -1.51. The predicted octanol–water partition coefficient (Wildman–Crippen LogP) is 0.547. The van der Waals surface area contributed by atoms with Gasteiger partial charge in [0.1, 0.15) is 12.4 Å². The maximum absolute atomic E-state index is 13.1. The summed E-state index contributed by atoms with van der Waals surface area (Å²) in [6.07, 6.45) is 0. The van der Waals surface area contributed by atoms with Crippen LogP contribution in [0.25, 0.3) is 0 Å². The van der Waals surface area contributed by atoms with Crippen molar-refractivity contribution in [2.45, 2.75) is 4.90 Å². The van der Waals surface area contributed by atoms with Crippen molar-refractivity contribution in [3.8, 4) is 0 Å². The zero-order valence-electron chi connectivity index (χ0n) is 10.2. The Labute approximate surface area is 110 Å². The van der Waals surface area contributed by atoms with Gasteiger partial charge in [0.05, 0.1) is 11.5 Å². The summed E-state index contributed by atoms with van der Waals surface area (Å²) in [7, 11) is -2.69. The average Bonchev–Trinajstić information content (AvgIpc) is 2.34. The van der Waals surface area contributed by atoms with Crippen molar-refractivity contribution in [3.05, 3.63) is 30.1 Å². The molecule has 0 atom stereocenters. The van der Waals surface area contributed by atoms with Crippen molar-refractivity contribution in [3.63, 3.8) is 0 Å². The van der Waals surface area contributed by atoms with Crippen molar-refractivity contribution in [1.29, 1.82) is 0 Å². The zero-order chi connectivity index (χ0) is 14.5. The minimum Gasteiger partial charge on any atom is -0.480 e. The molecule has 0 saturated heterocycles. The molecule has 1 aromatic carbocycles. The van der Waals surface area contributed by atoms with E-state index in [1.165, 1.54) is 19.2 Å². The van der Waals surface area contributed by atoms with Gasteiger partial charge < -0.3 is 9.84 Å². The minimum absolute atomic E-state index is 0.0435. The van der Waals surface area contributed by atoms with E-state index in [9.17, 15) is 17.6 Å². The van der Waals surface area contributed by atoms with Crippen LogP contribution in [0.3, 0.4) is 0 Å². The van der Waals surface area contributed by atoms with Crippen molar-refractivity contribution >= 4 is 16.0 Å². The second-order valence-corrected chi connectivity index (χ2v) is 5.62. The molecule has 0 bridgehead atoms. The molecule has 0 aromatic heterocycles. The normalized spacial score (nSPS) is 11.7. The minimum atomic E-state index is -4.06.